The van der Waals surface area contributed by atoms with Gasteiger partial charge in [-0.2, -0.15) is 0 Å². The Balaban J connectivity index is 2.12. The number of hydrogen-bond donors (Lipinski definition) is 0. The Morgan fingerprint density at radius 1 is 1.43 bits per heavy atom. The molecule has 1 heterocycles. The Bertz CT molecular complexity index is 50.0. The molecule has 0 amide bonds. The van der Waals surface area contributed by atoms with E-state index in [0.29, 0.717) is 4.95 Å². The molecule has 1 radical (unpaired) electrons. The van der Waals surface area contributed by atoms with Crippen LogP contribution in [-0.2, 0) is 0 Å². The number of rotatable bonds is 0. The second kappa shape index (κ2) is 2.68. The van der Waals surface area contributed by atoms with Crippen LogP contribution in [0.4, 0.5) is 0 Å². The number of hydrogen-bond acceptors (Lipinski definition) is 0. The van der Waals surface area contributed by atoms with Crippen molar-refractivity contribution < 1.29 is 0 Å². The topological polar surface area (TPSA) is 14.1 Å². The van der Waals surface area contributed by atoms with Crippen molar-refractivity contribution >= 4 is 15.9 Å². The largest absolute Gasteiger partial charge is 0.227 e. The van der Waals surface area contributed by atoms with Crippen LogP contribution in [0, 0.1) is 0 Å². The highest BCUT2D eigenvalue weighted by molar-refractivity contribution is 9.09. The van der Waals surface area contributed by atoms with Gasteiger partial charge in [-0.25, -0.2) is 5.32 Å². The molecule has 1 atom stereocenters. The van der Waals surface area contributed by atoms with Crippen molar-refractivity contribution in [3.63, 3.8) is 0 Å². The van der Waals surface area contributed by atoms with Gasteiger partial charge in [-0.15, -0.1) is 0 Å². The van der Waals surface area contributed by atoms with Gasteiger partial charge in [0.15, 0.2) is 0 Å². The summed E-state index contributed by atoms with van der Waals surface area (Å²) in [6.07, 6.45) is 3.88. The maximum atomic E-state index is 4.25. The van der Waals surface area contributed by atoms with Crippen LogP contribution < -0.4 is 5.32 Å². The number of halogens is 1. The summed E-state index contributed by atoms with van der Waals surface area (Å²) < 4.78 is 0. The van der Waals surface area contributed by atoms with Crippen LogP contribution in [0.25, 0.3) is 0 Å². The fraction of sp³-hybridized carbons (Fsp3) is 1.00. The summed E-state index contributed by atoms with van der Waals surface area (Å²) in [5, 5.41) is 4.25. The zero-order valence-electron chi connectivity index (χ0n) is 4.23. The van der Waals surface area contributed by atoms with Crippen LogP contribution in [0.15, 0.2) is 0 Å². The Kier molecular flexibility index (Phi) is 2.13. The minimum atomic E-state index is 0.473. The highest BCUT2D eigenvalue weighted by Gasteiger charge is 2.07. The Hall–Kier alpha value is 0.440. The van der Waals surface area contributed by atoms with Gasteiger partial charge in [-0.05, 0) is 19.3 Å². The first-order chi connectivity index (χ1) is 3.39. The molecular weight excluding hydrogens is 154 g/mol. The second-order valence-electron chi connectivity index (χ2n) is 1.84. The molecule has 2 heteroatoms. The Morgan fingerprint density at radius 3 is 2.57 bits per heavy atom. The van der Waals surface area contributed by atoms with Crippen LogP contribution in [0.1, 0.15) is 19.3 Å². The molecule has 1 unspecified atom stereocenters. The van der Waals surface area contributed by atoms with Gasteiger partial charge in [0.25, 0.3) is 0 Å². The summed E-state index contributed by atoms with van der Waals surface area (Å²) in [6, 6.07) is 0. The first kappa shape index (κ1) is 5.57. The van der Waals surface area contributed by atoms with E-state index in [1.807, 2.05) is 0 Å². The van der Waals surface area contributed by atoms with Crippen molar-refractivity contribution in [3.05, 3.63) is 0 Å². The summed E-state index contributed by atoms with van der Waals surface area (Å²) in [7, 11) is 0. The summed E-state index contributed by atoms with van der Waals surface area (Å²) >= 11 is 3.42. The molecule has 0 aromatic heterocycles. The molecule has 0 aliphatic carbocycles. The zero-order chi connectivity index (χ0) is 5.11. The molecule has 1 aliphatic heterocycles. The van der Waals surface area contributed by atoms with Gasteiger partial charge in [0, 0.05) is 6.54 Å². The van der Waals surface area contributed by atoms with Crippen LogP contribution in [0.2, 0.25) is 0 Å². The van der Waals surface area contributed by atoms with Gasteiger partial charge in [0.2, 0.25) is 0 Å². The Morgan fingerprint density at radius 2 is 2.29 bits per heavy atom. The quantitative estimate of drug-likeness (QED) is 0.379. The predicted octanol–water partition coefficient (Wildman–Crippen LogP) is 1.50. The maximum Gasteiger partial charge on any atom is 0.0796 e. The molecule has 0 aromatic carbocycles. The van der Waals surface area contributed by atoms with Crippen LogP contribution in [0.3, 0.4) is 0 Å². The lowest BCUT2D eigenvalue weighted by atomic mass is 10.2. The van der Waals surface area contributed by atoms with E-state index in [-0.39, 0.29) is 0 Å². The number of alkyl halides is 1. The molecule has 0 saturated carbocycles. The summed E-state index contributed by atoms with van der Waals surface area (Å²) in [6.45, 7) is 1.07. The molecule has 1 fully saturated rings. The van der Waals surface area contributed by atoms with Gasteiger partial charge in [0.1, 0.15) is 0 Å². The van der Waals surface area contributed by atoms with Crippen LogP contribution >= 0.6 is 15.9 Å². The maximum absolute atomic E-state index is 4.25. The third kappa shape index (κ3) is 1.78. The zero-order valence-corrected chi connectivity index (χ0v) is 5.82. The van der Waals surface area contributed by atoms with Crippen molar-refractivity contribution in [1.29, 1.82) is 0 Å². The third-order valence-electron chi connectivity index (χ3n) is 1.18. The average Bonchev–Trinajstić information content (AvgIpc) is 1.69. The van der Waals surface area contributed by atoms with E-state index in [4.69, 9.17) is 0 Å². The molecule has 7 heavy (non-hydrogen) atoms. The number of piperidine rings is 1. The van der Waals surface area contributed by atoms with Crippen LogP contribution in [-0.4, -0.2) is 11.5 Å². The van der Waals surface area contributed by atoms with Gasteiger partial charge in [-0.1, -0.05) is 15.9 Å². The molecule has 1 aliphatic rings. The van der Waals surface area contributed by atoms with Gasteiger partial charge in [0.05, 0.1) is 4.95 Å². The van der Waals surface area contributed by atoms with E-state index in [1.54, 1.807) is 0 Å². The minimum Gasteiger partial charge on any atom is -0.227 e. The molecule has 41 valence electrons. The molecule has 0 spiro atoms. The lowest BCUT2D eigenvalue weighted by Crippen LogP contribution is -2.21. The van der Waals surface area contributed by atoms with Crippen molar-refractivity contribution in [2.45, 2.75) is 24.2 Å². The summed E-state index contributed by atoms with van der Waals surface area (Å²) in [5.74, 6) is 0. The lowest BCUT2D eigenvalue weighted by Gasteiger charge is -2.14. The van der Waals surface area contributed by atoms with E-state index in [1.165, 1.54) is 19.3 Å². The smallest absolute Gasteiger partial charge is 0.0796 e. The highest BCUT2D eigenvalue weighted by Crippen LogP contribution is 2.12. The standard InChI is InChI=1S/C5H9BrN/c6-5-3-1-2-4-7-5/h5H,1-4H2. The van der Waals surface area contributed by atoms with E-state index in [0.717, 1.165) is 6.54 Å². The third-order valence-corrected chi connectivity index (χ3v) is 1.93. The molecule has 0 aromatic rings. The van der Waals surface area contributed by atoms with E-state index in [9.17, 15) is 0 Å². The first-order valence-corrected chi connectivity index (χ1v) is 3.62. The first-order valence-electron chi connectivity index (χ1n) is 2.70. The van der Waals surface area contributed by atoms with Gasteiger partial charge in [-0.3, -0.25) is 0 Å². The molecule has 0 N–H and O–H groups in total. The summed E-state index contributed by atoms with van der Waals surface area (Å²) in [5.41, 5.74) is 0. The van der Waals surface area contributed by atoms with Gasteiger partial charge >= 0.3 is 0 Å². The monoisotopic (exact) mass is 162 g/mol. The van der Waals surface area contributed by atoms with Crippen molar-refractivity contribution in [3.8, 4) is 0 Å². The fourth-order valence-electron chi connectivity index (χ4n) is 0.747. The molecule has 0 bridgehead atoms. The second-order valence-corrected chi connectivity index (χ2v) is 2.89. The minimum absolute atomic E-state index is 0.473. The van der Waals surface area contributed by atoms with Crippen molar-refractivity contribution in [1.82, 2.24) is 5.32 Å². The van der Waals surface area contributed by atoms with Gasteiger partial charge < -0.3 is 0 Å². The lowest BCUT2D eigenvalue weighted by molar-refractivity contribution is 0.489. The average molecular weight is 163 g/mol. The van der Waals surface area contributed by atoms with E-state index >= 15 is 0 Å². The van der Waals surface area contributed by atoms with Crippen molar-refractivity contribution in [2.24, 2.45) is 0 Å². The Labute approximate surface area is 52.6 Å². The SMILES string of the molecule is BrC1CCCC[N]1. The molecule has 1 rings (SSSR count). The number of nitrogens with zero attached hydrogens (tertiary/aromatic N) is 1. The normalized spacial score (nSPS) is 33.0. The fourth-order valence-corrected chi connectivity index (χ4v) is 1.28. The predicted molar refractivity (Wildman–Crippen MR) is 33.6 cm³/mol. The van der Waals surface area contributed by atoms with E-state index in [2.05, 4.69) is 21.2 Å². The van der Waals surface area contributed by atoms with Crippen molar-refractivity contribution in [2.75, 3.05) is 6.54 Å². The van der Waals surface area contributed by atoms with E-state index < -0.39 is 0 Å². The molecule has 1 nitrogen and oxygen atoms in total. The summed E-state index contributed by atoms with van der Waals surface area (Å²) in [4.78, 5) is 0.473. The highest BCUT2D eigenvalue weighted by atomic mass is 79.9. The van der Waals surface area contributed by atoms with Crippen LogP contribution in [0.5, 0.6) is 0 Å². The molecular formula is C5H9BrN. The molecule has 1 saturated heterocycles.